The average molecular weight is 496 g/mol. The zero-order chi connectivity index (χ0) is 25.9. The molecular weight excluding hydrogens is 461 g/mol. The van der Waals surface area contributed by atoms with Crippen LogP contribution in [-0.2, 0) is 10.5 Å². The van der Waals surface area contributed by atoms with Crippen molar-refractivity contribution in [1.29, 1.82) is 0 Å². The fourth-order valence-corrected chi connectivity index (χ4v) is 4.40. The summed E-state index contributed by atoms with van der Waals surface area (Å²) in [5, 5.41) is 2.89. The van der Waals surface area contributed by atoms with E-state index < -0.39 is 5.67 Å². The Kier molecular flexibility index (Phi) is 7.35. The summed E-state index contributed by atoms with van der Waals surface area (Å²) in [6.07, 6.45) is 7.19. The van der Waals surface area contributed by atoms with E-state index in [1.807, 2.05) is 32.2 Å². The van der Waals surface area contributed by atoms with Crippen LogP contribution in [0.3, 0.4) is 0 Å². The summed E-state index contributed by atoms with van der Waals surface area (Å²) in [5.41, 5.74) is 7.58. The molecule has 1 fully saturated rings. The van der Waals surface area contributed by atoms with Gasteiger partial charge in [0.05, 0.1) is 36.4 Å². The maximum Gasteiger partial charge on any atom is 0.270 e. The Labute approximate surface area is 211 Å². The molecule has 4 rings (SSSR count). The molecule has 10 heteroatoms. The molecular formula is C26H34FN7O2. The SMILES string of the molecule is CN=C(/C=C(\N)c1cnc2cc(OC)c(C3(F)CCN(C)CC3)cn12)C(=O)N[C@H](C)c1ccccn1.[HH]. The standard InChI is InChI=1S/C26H32FN7O2.H2/c1-17(20-7-5-6-10-30-20)32-25(35)21(29-2)13-19(28)22-15-31-24-14-23(36-4)18(16-34(22)24)26(27)8-11-33(3)12-9-26;/h5-7,10,13-17H,8-9,11-12,28H2,1-4H3,(H,32,35);1H/b19-13-,29-21?;/t17-;/m1./s1. The number of pyridine rings is 2. The second-order valence-corrected chi connectivity index (χ2v) is 9.05. The van der Waals surface area contributed by atoms with Gasteiger partial charge in [-0.05, 0) is 45.0 Å². The zero-order valence-electron chi connectivity index (χ0n) is 21.0. The highest BCUT2D eigenvalue weighted by atomic mass is 19.1. The van der Waals surface area contributed by atoms with Gasteiger partial charge in [-0.15, -0.1) is 0 Å². The van der Waals surface area contributed by atoms with Gasteiger partial charge in [0.2, 0.25) is 0 Å². The number of hydrogen-bond acceptors (Lipinski definition) is 7. The lowest BCUT2D eigenvalue weighted by Gasteiger charge is -2.35. The van der Waals surface area contributed by atoms with E-state index in [2.05, 4.69) is 25.2 Å². The van der Waals surface area contributed by atoms with Gasteiger partial charge in [0.25, 0.3) is 5.91 Å². The van der Waals surface area contributed by atoms with Crippen LogP contribution >= 0.6 is 0 Å². The lowest BCUT2D eigenvalue weighted by molar-refractivity contribution is -0.115. The van der Waals surface area contributed by atoms with Crippen LogP contribution in [0.5, 0.6) is 5.75 Å². The molecule has 36 heavy (non-hydrogen) atoms. The first-order chi connectivity index (χ1) is 17.3. The van der Waals surface area contributed by atoms with Gasteiger partial charge in [-0.1, -0.05) is 6.07 Å². The number of piperidine rings is 1. The number of ether oxygens (including phenoxy) is 1. The Hall–Kier alpha value is -3.79. The number of halogens is 1. The van der Waals surface area contributed by atoms with Crippen LogP contribution < -0.4 is 15.8 Å². The number of methoxy groups -OCH3 is 1. The van der Waals surface area contributed by atoms with E-state index in [4.69, 9.17) is 10.5 Å². The molecule has 0 unspecified atom stereocenters. The van der Waals surface area contributed by atoms with Gasteiger partial charge in [-0.3, -0.25) is 19.2 Å². The number of alkyl halides is 1. The minimum absolute atomic E-state index is 0. The summed E-state index contributed by atoms with van der Waals surface area (Å²) in [7, 11) is 5.04. The average Bonchev–Trinajstić information content (AvgIpc) is 3.31. The highest BCUT2D eigenvalue weighted by Gasteiger charge is 2.38. The summed E-state index contributed by atoms with van der Waals surface area (Å²) in [6, 6.07) is 6.91. The van der Waals surface area contributed by atoms with Gasteiger partial charge in [0, 0.05) is 45.6 Å². The number of carbonyl (C=O) groups is 1. The number of rotatable bonds is 7. The summed E-state index contributed by atoms with van der Waals surface area (Å²) in [5.74, 6) is 0.0665. The number of likely N-dealkylation sites (tertiary alicyclic amines) is 1. The van der Waals surface area contributed by atoms with E-state index in [0.29, 0.717) is 48.6 Å². The van der Waals surface area contributed by atoms with E-state index in [9.17, 15) is 4.79 Å². The molecule has 0 bridgehead atoms. The quantitative estimate of drug-likeness (QED) is 0.488. The third-order valence-corrected chi connectivity index (χ3v) is 6.63. The number of fused-ring (bicyclic) bond motifs is 1. The van der Waals surface area contributed by atoms with Gasteiger partial charge >= 0.3 is 0 Å². The molecule has 0 spiro atoms. The maximum absolute atomic E-state index is 16.1. The van der Waals surface area contributed by atoms with Crippen LogP contribution in [0.15, 0.2) is 53.9 Å². The molecule has 0 aromatic carbocycles. The summed E-state index contributed by atoms with van der Waals surface area (Å²) in [4.78, 5) is 27.8. The predicted octanol–water partition coefficient (Wildman–Crippen LogP) is 3.12. The number of imidazole rings is 1. The van der Waals surface area contributed by atoms with Crippen molar-refractivity contribution < 1.29 is 15.3 Å². The Morgan fingerprint density at radius 2 is 2.11 bits per heavy atom. The summed E-state index contributed by atoms with van der Waals surface area (Å²) >= 11 is 0. The third-order valence-electron chi connectivity index (χ3n) is 6.63. The van der Waals surface area contributed by atoms with Crippen LogP contribution in [0.25, 0.3) is 11.3 Å². The van der Waals surface area contributed by atoms with Crippen LogP contribution in [0.2, 0.25) is 0 Å². The van der Waals surface area contributed by atoms with Gasteiger partial charge < -0.3 is 20.7 Å². The summed E-state index contributed by atoms with van der Waals surface area (Å²) in [6.45, 7) is 3.15. The topological polar surface area (TPSA) is 110 Å². The maximum atomic E-state index is 16.1. The van der Waals surface area contributed by atoms with Crippen LogP contribution in [0.1, 0.15) is 44.2 Å². The molecule has 1 aliphatic rings. The molecule has 1 aliphatic heterocycles. The molecule has 9 nitrogen and oxygen atoms in total. The van der Waals surface area contributed by atoms with Crippen molar-refractivity contribution >= 4 is 23.0 Å². The number of aliphatic imine (C=N–C) groups is 1. The number of amides is 1. The second-order valence-electron chi connectivity index (χ2n) is 9.05. The van der Waals surface area contributed by atoms with Crippen molar-refractivity contribution in [3.8, 4) is 5.75 Å². The molecule has 3 N–H and O–H groups in total. The molecule has 1 saturated heterocycles. The summed E-state index contributed by atoms with van der Waals surface area (Å²) < 4.78 is 23.3. The van der Waals surface area contributed by atoms with Crippen molar-refractivity contribution in [3.05, 3.63) is 65.9 Å². The Morgan fingerprint density at radius 1 is 1.36 bits per heavy atom. The Bertz CT molecular complexity index is 1300. The van der Waals surface area contributed by atoms with Crippen molar-refractivity contribution in [2.75, 3.05) is 34.3 Å². The van der Waals surface area contributed by atoms with Crippen LogP contribution in [0, 0.1) is 0 Å². The van der Waals surface area contributed by atoms with Gasteiger partial charge in [-0.2, -0.15) is 0 Å². The minimum Gasteiger partial charge on any atom is -0.496 e. The highest BCUT2D eigenvalue weighted by molar-refractivity contribution is 6.44. The molecule has 3 aromatic heterocycles. The number of hydrogen-bond donors (Lipinski definition) is 2. The lowest BCUT2D eigenvalue weighted by Crippen LogP contribution is -2.38. The zero-order valence-corrected chi connectivity index (χ0v) is 21.0. The first-order valence-corrected chi connectivity index (χ1v) is 11.8. The van der Waals surface area contributed by atoms with Crippen molar-refractivity contribution in [2.24, 2.45) is 10.7 Å². The fraction of sp³-hybridized carbons (Fsp3) is 0.385. The number of carbonyl (C=O) groups excluding carboxylic acids is 1. The van der Waals surface area contributed by atoms with Gasteiger partial charge in [0.1, 0.15) is 22.8 Å². The van der Waals surface area contributed by atoms with Crippen molar-refractivity contribution in [3.63, 3.8) is 0 Å². The molecule has 4 heterocycles. The Balaban J connectivity index is 0.00000380. The molecule has 3 aromatic rings. The number of aromatic nitrogens is 3. The van der Waals surface area contributed by atoms with Crippen molar-refractivity contribution in [1.82, 2.24) is 24.6 Å². The highest BCUT2D eigenvalue weighted by Crippen LogP contribution is 2.42. The monoisotopic (exact) mass is 495 g/mol. The second kappa shape index (κ2) is 10.4. The van der Waals surface area contributed by atoms with E-state index in [-0.39, 0.29) is 24.8 Å². The van der Waals surface area contributed by atoms with E-state index in [1.54, 1.807) is 29.1 Å². The van der Waals surface area contributed by atoms with Gasteiger partial charge in [0.15, 0.2) is 0 Å². The molecule has 192 valence electrons. The molecule has 0 saturated carbocycles. The molecule has 0 aliphatic carbocycles. The largest absolute Gasteiger partial charge is 0.496 e. The number of nitrogens with two attached hydrogens (primary N) is 1. The molecule has 1 amide bonds. The van der Waals surface area contributed by atoms with Crippen molar-refractivity contribution in [2.45, 2.75) is 31.5 Å². The lowest BCUT2D eigenvalue weighted by atomic mass is 9.86. The fourth-order valence-electron chi connectivity index (χ4n) is 4.40. The molecule has 0 radical (unpaired) electrons. The predicted molar refractivity (Wildman–Crippen MR) is 140 cm³/mol. The van der Waals surface area contributed by atoms with E-state index in [1.165, 1.54) is 20.2 Å². The van der Waals surface area contributed by atoms with E-state index >= 15 is 4.39 Å². The van der Waals surface area contributed by atoms with Crippen LogP contribution in [-0.4, -0.2) is 65.2 Å². The first kappa shape index (κ1) is 25.3. The van der Waals surface area contributed by atoms with Crippen LogP contribution in [0.4, 0.5) is 4.39 Å². The van der Waals surface area contributed by atoms with Gasteiger partial charge in [-0.25, -0.2) is 9.37 Å². The Morgan fingerprint density at radius 3 is 2.75 bits per heavy atom. The molecule has 1 atom stereocenters. The minimum atomic E-state index is -1.52. The number of nitrogens with one attached hydrogen (secondary N) is 1. The third kappa shape index (κ3) is 5.08. The first-order valence-electron chi connectivity index (χ1n) is 11.8. The smallest absolute Gasteiger partial charge is 0.270 e. The number of nitrogens with zero attached hydrogens (tertiary/aromatic N) is 5. The van der Waals surface area contributed by atoms with E-state index in [0.717, 1.165) is 5.69 Å². The normalized spacial score (nSPS) is 17.7.